The number of phenols is 1. The minimum absolute atomic E-state index is 0.119. The van der Waals surface area contributed by atoms with Gasteiger partial charge in [0.25, 0.3) is 0 Å². The molecule has 0 aliphatic rings. The van der Waals surface area contributed by atoms with E-state index in [1.165, 1.54) is 19.2 Å². The van der Waals surface area contributed by atoms with E-state index >= 15 is 0 Å². The average Bonchev–Trinajstić information content (AvgIpc) is 2.65. The minimum atomic E-state index is -1.14. The molecule has 0 spiro atoms. The topological polar surface area (TPSA) is 128 Å². The van der Waals surface area contributed by atoms with Crippen molar-refractivity contribution in [2.75, 3.05) is 20.2 Å². The van der Waals surface area contributed by atoms with Gasteiger partial charge in [0, 0.05) is 18.7 Å². The minimum Gasteiger partial charge on any atom is -0.508 e. The summed E-state index contributed by atoms with van der Waals surface area (Å²) in [5, 5.41) is 34.3. The summed E-state index contributed by atoms with van der Waals surface area (Å²) in [6, 6.07) is 10.8. The van der Waals surface area contributed by atoms with Gasteiger partial charge in [0.05, 0.1) is 7.11 Å². The highest BCUT2D eigenvalue weighted by molar-refractivity contribution is 5.77. The molecule has 5 N–H and O–H groups in total. The normalized spacial score (nSPS) is 12.9. The number of methoxy groups -OCH3 is 1. The van der Waals surface area contributed by atoms with Crippen LogP contribution in [0.3, 0.4) is 0 Å². The van der Waals surface area contributed by atoms with E-state index in [0.717, 1.165) is 0 Å². The third-order valence-electron chi connectivity index (χ3n) is 4.01. The second-order valence-corrected chi connectivity index (χ2v) is 5.78. The monoisotopic (exact) mass is 374 g/mol. The molecule has 27 heavy (non-hydrogen) atoms. The molecule has 0 bridgehead atoms. The first-order valence-corrected chi connectivity index (χ1v) is 8.28. The number of ether oxygens (including phenoxy) is 1. The lowest BCUT2D eigenvalue weighted by atomic mass is 10.1. The third kappa shape index (κ3) is 5.44. The molecule has 2 aromatic rings. The molecule has 0 saturated carbocycles. The van der Waals surface area contributed by atoms with Gasteiger partial charge < -0.3 is 20.1 Å². The van der Waals surface area contributed by atoms with Gasteiger partial charge in [-0.1, -0.05) is 30.3 Å². The first kappa shape index (κ1) is 20.2. The van der Waals surface area contributed by atoms with E-state index in [4.69, 9.17) is 4.74 Å². The fraction of sp³-hybridized carbons (Fsp3) is 0.263. The van der Waals surface area contributed by atoms with Gasteiger partial charge in [-0.25, -0.2) is 0 Å². The molecule has 2 aromatic carbocycles. The quantitative estimate of drug-likeness (QED) is 0.396. The second kappa shape index (κ2) is 9.56. The molecule has 0 aliphatic carbocycles. The fourth-order valence-corrected chi connectivity index (χ4v) is 2.64. The summed E-state index contributed by atoms with van der Waals surface area (Å²) < 4.78 is 5.05. The van der Waals surface area contributed by atoms with Crippen LogP contribution in [-0.2, 0) is 9.59 Å². The molecule has 2 atom stereocenters. The summed E-state index contributed by atoms with van der Waals surface area (Å²) >= 11 is 0. The lowest BCUT2D eigenvalue weighted by molar-refractivity contribution is -0.141. The van der Waals surface area contributed by atoms with Crippen LogP contribution in [0.15, 0.2) is 48.5 Å². The summed E-state index contributed by atoms with van der Waals surface area (Å²) in [6.45, 7) is 0.394. The van der Waals surface area contributed by atoms with E-state index in [2.05, 4.69) is 10.6 Å². The molecule has 0 radical (unpaired) electrons. The predicted octanol–water partition coefficient (Wildman–Crippen LogP) is 1.53. The highest BCUT2D eigenvalue weighted by Gasteiger charge is 2.23. The molecule has 2 rings (SSSR count). The van der Waals surface area contributed by atoms with Gasteiger partial charge >= 0.3 is 11.9 Å². The van der Waals surface area contributed by atoms with Crippen LogP contribution in [0.5, 0.6) is 11.5 Å². The molecule has 2 unspecified atom stereocenters. The number of carboxylic acid groups (broad SMARTS) is 2. The molecule has 8 heteroatoms. The van der Waals surface area contributed by atoms with Crippen LogP contribution < -0.4 is 15.4 Å². The molecule has 0 aliphatic heterocycles. The average molecular weight is 374 g/mol. The summed E-state index contributed by atoms with van der Waals surface area (Å²) in [5.74, 6) is -1.68. The zero-order chi connectivity index (χ0) is 19.8. The van der Waals surface area contributed by atoms with Gasteiger partial charge in [-0.05, 0) is 23.8 Å². The number of aromatic hydroxyl groups is 1. The maximum absolute atomic E-state index is 11.5. The highest BCUT2D eigenvalue weighted by Crippen LogP contribution is 2.23. The molecular weight excluding hydrogens is 352 g/mol. The Morgan fingerprint density at radius 3 is 2.00 bits per heavy atom. The smallest absolute Gasteiger partial charge is 0.325 e. The van der Waals surface area contributed by atoms with Crippen molar-refractivity contribution in [2.45, 2.75) is 12.1 Å². The van der Waals surface area contributed by atoms with Gasteiger partial charge in [0.15, 0.2) is 0 Å². The third-order valence-corrected chi connectivity index (χ3v) is 4.01. The molecule has 0 fully saturated rings. The number of rotatable bonds is 10. The maximum atomic E-state index is 11.5. The molecular formula is C19H22N2O6. The summed E-state index contributed by atoms with van der Waals surface area (Å²) in [5.41, 5.74) is 0.800. The first-order valence-electron chi connectivity index (χ1n) is 8.28. The Morgan fingerprint density at radius 1 is 0.926 bits per heavy atom. The summed E-state index contributed by atoms with van der Waals surface area (Å²) in [7, 11) is 1.52. The van der Waals surface area contributed by atoms with Crippen LogP contribution in [0.2, 0.25) is 0 Å². The van der Waals surface area contributed by atoms with Crippen molar-refractivity contribution in [1.82, 2.24) is 10.6 Å². The van der Waals surface area contributed by atoms with E-state index < -0.39 is 24.0 Å². The van der Waals surface area contributed by atoms with Gasteiger partial charge in [-0.2, -0.15) is 0 Å². The molecule has 0 saturated heterocycles. The summed E-state index contributed by atoms with van der Waals surface area (Å²) in [4.78, 5) is 23.0. The second-order valence-electron chi connectivity index (χ2n) is 5.78. The Morgan fingerprint density at radius 2 is 1.48 bits per heavy atom. The van der Waals surface area contributed by atoms with Gasteiger partial charge in [-0.15, -0.1) is 0 Å². The Hall–Kier alpha value is -3.10. The highest BCUT2D eigenvalue weighted by atomic mass is 16.5. The largest absolute Gasteiger partial charge is 0.508 e. The van der Waals surface area contributed by atoms with Gasteiger partial charge in [0.2, 0.25) is 0 Å². The SMILES string of the molecule is COc1ccc(C(NCCNC(C(=O)O)c2ccccc2O)C(=O)O)cc1. The van der Waals surface area contributed by atoms with Crippen molar-refractivity contribution >= 4 is 11.9 Å². The lowest BCUT2D eigenvalue weighted by Gasteiger charge is -2.18. The fourth-order valence-electron chi connectivity index (χ4n) is 2.64. The Labute approximate surface area is 156 Å². The Bertz CT molecular complexity index is 778. The van der Waals surface area contributed by atoms with Gasteiger partial charge in [0.1, 0.15) is 23.6 Å². The molecule has 0 heterocycles. The van der Waals surface area contributed by atoms with Crippen molar-refractivity contribution in [1.29, 1.82) is 0 Å². The number of para-hydroxylation sites is 1. The number of hydrogen-bond acceptors (Lipinski definition) is 6. The van der Waals surface area contributed by atoms with E-state index in [1.54, 1.807) is 36.4 Å². The van der Waals surface area contributed by atoms with Crippen molar-refractivity contribution in [3.05, 3.63) is 59.7 Å². The number of carbonyl (C=O) groups is 2. The van der Waals surface area contributed by atoms with E-state index in [1.807, 2.05) is 0 Å². The van der Waals surface area contributed by atoms with Crippen LogP contribution in [0.25, 0.3) is 0 Å². The number of phenolic OH excluding ortho intramolecular Hbond substituents is 1. The number of hydrogen-bond donors (Lipinski definition) is 5. The number of carboxylic acids is 2. The van der Waals surface area contributed by atoms with E-state index in [-0.39, 0.29) is 24.4 Å². The van der Waals surface area contributed by atoms with E-state index in [9.17, 15) is 24.9 Å². The molecule has 8 nitrogen and oxygen atoms in total. The molecule has 144 valence electrons. The zero-order valence-electron chi connectivity index (χ0n) is 14.8. The van der Waals surface area contributed by atoms with Crippen molar-refractivity contribution in [2.24, 2.45) is 0 Å². The van der Waals surface area contributed by atoms with Crippen LogP contribution in [-0.4, -0.2) is 47.5 Å². The Balaban J connectivity index is 1.96. The number of aliphatic carboxylic acids is 2. The lowest BCUT2D eigenvalue weighted by Crippen LogP contribution is -2.37. The standard InChI is InChI=1S/C19H22N2O6/c1-27-13-8-6-12(7-9-13)16(18(23)24)20-10-11-21-17(19(25)26)14-4-2-3-5-15(14)22/h2-9,16-17,20-22H,10-11H2,1H3,(H,23,24)(H,25,26). The molecule has 0 aromatic heterocycles. The predicted molar refractivity (Wildman–Crippen MR) is 97.9 cm³/mol. The van der Waals surface area contributed by atoms with E-state index in [0.29, 0.717) is 11.3 Å². The van der Waals surface area contributed by atoms with Crippen molar-refractivity contribution in [3.8, 4) is 11.5 Å². The maximum Gasteiger partial charge on any atom is 0.325 e. The van der Waals surface area contributed by atoms with Crippen molar-refractivity contribution in [3.63, 3.8) is 0 Å². The zero-order valence-corrected chi connectivity index (χ0v) is 14.8. The number of nitrogens with one attached hydrogen (secondary N) is 2. The Kier molecular flexibility index (Phi) is 7.16. The molecule has 0 amide bonds. The van der Waals surface area contributed by atoms with Crippen LogP contribution in [0.4, 0.5) is 0 Å². The first-order chi connectivity index (χ1) is 12.9. The summed E-state index contributed by atoms with van der Waals surface area (Å²) in [6.07, 6.45) is 0. The van der Waals surface area contributed by atoms with Crippen LogP contribution >= 0.6 is 0 Å². The van der Waals surface area contributed by atoms with Gasteiger partial charge in [-0.3, -0.25) is 20.2 Å². The van der Waals surface area contributed by atoms with Crippen molar-refractivity contribution < 1.29 is 29.6 Å². The van der Waals surface area contributed by atoms with Crippen LogP contribution in [0, 0.1) is 0 Å². The number of benzene rings is 2. The van der Waals surface area contributed by atoms with Crippen LogP contribution in [0.1, 0.15) is 23.2 Å².